The third-order valence-corrected chi connectivity index (χ3v) is 3.30. The van der Waals surface area contributed by atoms with E-state index in [1.165, 1.54) is 18.2 Å². The molecule has 1 N–H and O–H groups in total. The van der Waals surface area contributed by atoms with Crippen molar-refractivity contribution in [2.45, 2.75) is 0 Å². The van der Waals surface area contributed by atoms with Gasteiger partial charge in [-0.2, -0.15) is 0 Å². The van der Waals surface area contributed by atoms with Gasteiger partial charge < -0.3 is 19.5 Å². The van der Waals surface area contributed by atoms with Gasteiger partial charge in [0, 0.05) is 5.02 Å². The summed E-state index contributed by atoms with van der Waals surface area (Å²) in [6.07, 6.45) is 0. The van der Waals surface area contributed by atoms with Crippen molar-refractivity contribution in [1.29, 1.82) is 0 Å². The standard InChI is InChI=1S/C18H17ClFNO5/c19-13-5-7-14(8-6-13)24-10-9-21-17(22)11-26-18(23)12-25-16-4-2-1-3-15(16)20/h1-8H,9-12H2,(H,21,22). The largest absolute Gasteiger partial charge is 0.492 e. The average Bonchev–Trinajstić information content (AvgIpc) is 2.64. The molecule has 2 rings (SSSR count). The summed E-state index contributed by atoms with van der Waals surface area (Å²) in [5.41, 5.74) is 0. The zero-order valence-corrected chi connectivity index (χ0v) is 14.5. The third-order valence-electron chi connectivity index (χ3n) is 3.05. The molecule has 0 bridgehead atoms. The SMILES string of the molecule is O=C(COC(=O)COc1ccccc1F)NCCOc1ccc(Cl)cc1. The smallest absolute Gasteiger partial charge is 0.344 e. The first-order valence-electron chi connectivity index (χ1n) is 7.72. The molecule has 0 radical (unpaired) electrons. The summed E-state index contributed by atoms with van der Waals surface area (Å²) in [6.45, 7) is -0.462. The van der Waals surface area contributed by atoms with Gasteiger partial charge in [0.2, 0.25) is 0 Å². The second kappa shape index (κ2) is 10.2. The van der Waals surface area contributed by atoms with E-state index in [0.717, 1.165) is 0 Å². The van der Waals surface area contributed by atoms with Gasteiger partial charge >= 0.3 is 5.97 Å². The van der Waals surface area contributed by atoms with E-state index in [2.05, 4.69) is 5.32 Å². The number of esters is 1. The highest BCUT2D eigenvalue weighted by Gasteiger charge is 2.10. The molecule has 26 heavy (non-hydrogen) atoms. The van der Waals surface area contributed by atoms with Crippen molar-refractivity contribution in [1.82, 2.24) is 5.32 Å². The normalized spacial score (nSPS) is 10.1. The number of hydrogen-bond acceptors (Lipinski definition) is 5. The quantitative estimate of drug-likeness (QED) is 0.534. The van der Waals surface area contributed by atoms with Gasteiger partial charge in [-0.05, 0) is 36.4 Å². The molecule has 0 aliphatic rings. The van der Waals surface area contributed by atoms with Crippen molar-refractivity contribution in [3.05, 3.63) is 59.4 Å². The number of rotatable bonds is 9. The number of para-hydroxylation sites is 1. The number of carbonyl (C=O) groups excluding carboxylic acids is 2. The van der Waals surface area contributed by atoms with Gasteiger partial charge in [0.05, 0.1) is 6.54 Å². The lowest BCUT2D eigenvalue weighted by atomic mass is 10.3. The Morgan fingerprint density at radius 1 is 1.00 bits per heavy atom. The van der Waals surface area contributed by atoms with Crippen molar-refractivity contribution in [2.75, 3.05) is 26.4 Å². The Labute approximate surface area is 154 Å². The molecule has 0 aliphatic carbocycles. The topological polar surface area (TPSA) is 73.9 Å². The van der Waals surface area contributed by atoms with Gasteiger partial charge in [0.25, 0.3) is 5.91 Å². The molecule has 0 heterocycles. The Morgan fingerprint density at radius 3 is 2.46 bits per heavy atom. The third kappa shape index (κ3) is 6.98. The van der Waals surface area contributed by atoms with Gasteiger partial charge in [0.1, 0.15) is 12.4 Å². The Hall–Kier alpha value is -2.80. The van der Waals surface area contributed by atoms with Gasteiger partial charge in [-0.25, -0.2) is 9.18 Å². The zero-order valence-electron chi connectivity index (χ0n) is 13.7. The Kier molecular flexibility index (Phi) is 7.70. The molecule has 0 unspecified atom stereocenters. The molecule has 2 aromatic carbocycles. The van der Waals surface area contributed by atoms with Crippen LogP contribution in [0.25, 0.3) is 0 Å². The summed E-state index contributed by atoms with van der Waals surface area (Å²) in [4.78, 5) is 23.1. The van der Waals surface area contributed by atoms with Crippen molar-refractivity contribution in [3.63, 3.8) is 0 Å². The van der Waals surface area contributed by atoms with Crippen molar-refractivity contribution in [2.24, 2.45) is 0 Å². The van der Waals surface area contributed by atoms with Gasteiger partial charge in [-0.3, -0.25) is 4.79 Å². The van der Waals surface area contributed by atoms with E-state index in [4.69, 9.17) is 25.8 Å². The predicted molar refractivity (Wildman–Crippen MR) is 92.8 cm³/mol. The van der Waals surface area contributed by atoms with Crippen molar-refractivity contribution in [3.8, 4) is 11.5 Å². The zero-order chi connectivity index (χ0) is 18.8. The molecule has 2 aromatic rings. The maximum atomic E-state index is 13.3. The lowest BCUT2D eigenvalue weighted by molar-refractivity contribution is -0.150. The summed E-state index contributed by atoms with van der Waals surface area (Å²) in [5.74, 6) is -1.28. The van der Waals surface area contributed by atoms with Crippen LogP contribution in [0.4, 0.5) is 4.39 Å². The van der Waals surface area contributed by atoms with Crippen LogP contribution < -0.4 is 14.8 Å². The second-order valence-corrected chi connectivity index (χ2v) is 5.47. The molecule has 0 aliphatic heterocycles. The molecule has 0 aromatic heterocycles. The molecular formula is C18H17ClFNO5. The molecule has 0 fully saturated rings. The Bertz CT molecular complexity index is 739. The highest BCUT2D eigenvalue weighted by Crippen LogP contribution is 2.15. The maximum absolute atomic E-state index is 13.3. The van der Waals surface area contributed by atoms with Gasteiger partial charge in [0.15, 0.2) is 24.8 Å². The van der Waals surface area contributed by atoms with Gasteiger partial charge in [-0.1, -0.05) is 23.7 Å². The minimum absolute atomic E-state index is 0.0618. The average molecular weight is 382 g/mol. The molecule has 0 atom stereocenters. The van der Waals surface area contributed by atoms with Crippen LogP contribution in [0.15, 0.2) is 48.5 Å². The number of amides is 1. The minimum atomic E-state index is -0.777. The summed E-state index contributed by atoms with van der Waals surface area (Å²) in [5, 5.41) is 3.14. The molecule has 1 amide bonds. The highest BCUT2D eigenvalue weighted by molar-refractivity contribution is 6.30. The van der Waals surface area contributed by atoms with Crippen LogP contribution >= 0.6 is 11.6 Å². The van der Waals surface area contributed by atoms with E-state index in [1.807, 2.05) is 0 Å². The maximum Gasteiger partial charge on any atom is 0.344 e. The number of ether oxygens (including phenoxy) is 3. The monoisotopic (exact) mass is 381 g/mol. The van der Waals surface area contributed by atoms with E-state index < -0.39 is 30.9 Å². The van der Waals surface area contributed by atoms with Crippen molar-refractivity contribution < 1.29 is 28.2 Å². The summed E-state index contributed by atoms with van der Waals surface area (Å²) in [7, 11) is 0. The molecular weight excluding hydrogens is 365 g/mol. The number of nitrogens with one attached hydrogen (secondary N) is 1. The number of benzene rings is 2. The molecule has 6 nitrogen and oxygen atoms in total. The van der Waals surface area contributed by atoms with Crippen LogP contribution in [-0.2, 0) is 14.3 Å². The molecule has 0 spiro atoms. The van der Waals surface area contributed by atoms with E-state index in [-0.39, 0.29) is 18.9 Å². The second-order valence-electron chi connectivity index (χ2n) is 5.03. The van der Waals surface area contributed by atoms with Crippen LogP contribution in [-0.4, -0.2) is 38.2 Å². The summed E-state index contributed by atoms with van der Waals surface area (Å²) < 4.78 is 28.4. The minimum Gasteiger partial charge on any atom is -0.492 e. The number of halogens is 2. The van der Waals surface area contributed by atoms with E-state index in [1.54, 1.807) is 30.3 Å². The van der Waals surface area contributed by atoms with Crippen LogP contribution in [0.2, 0.25) is 5.02 Å². The molecule has 0 saturated carbocycles. The Balaban J connectivity index is 1.57. The molecule has 0 saturated heterocycles. The summed E-state index contributed by atoms with van der Waals surface area (Å²) in [6, 6.07) is 12.5. The number of carbonyl (C=O) groups is 2. The lowest BCUT2D eigenvalue weighted by Crippen LogP contribution is -2.32. The van der Waals surface area contributed by atoms with E-state index >= 15 is 0 Å². The van der Waals surface area contributed by atoms with Crippen LogP contribution in [0.1, 0.15) is 0 Å². The summed E-state index contributed by atoms with van der Waals surface area (Å²) >= 11 is 5.76. The highest BCUT2D eigenvalue weighted by atomic mass is 35.5. The first-order valence-corrected chi connectivity index (χ1v) is 8.10. The number of hydrogen-bond donors (Lipinski definition) is 1. The van der Waals surface area contributed by atoms with E-state index in [0.29, 0.717) is 10.8 Å². The Morgan fingerprint density at radius 2 is 1.73 bits per heavy atom. The van der Waals surface area contributed by atoms with Gasteiger partial charge in [-0.15, -0.1) is 0 Å². The lowest BCUT2D eigenvalue weighted by Gasteiger charge is -2.09. The van der Waals surface area contributed by atoms with E-state index in [9.17, 15) is 14.0 Å². The molecule has 138 valence electrons. The molecule has 8 heteroatoms. The fraction of sp³-hybridized carbons (Fsp3) is 0.222. The first kappa shape index (κ1) is 19.5. The predicted octanol–water partition coefficient (Wildman–Crippen LogP) is 2.60. The fourth-order valence-electron chi connectivity index (χ4n) is 1.83. The van der Waals surface area contributed by atoms with Crippen LogP contribution in [0, 0.1) is 5.82 Å². The van der Waals surface area contributed by atoms with Crippen LogP contribution in [0.5, 0.6) is 11.5 Å². The first-order chi connectivity index (χ1) is 12.5. The fourth-order valence-corrected chi connectivity index (χ4v) is 1.95. The van der Waals surface area contributed by atoms with Crippen molar-refractivity contribution >= 4 is 23.5 Å². The van der Waals surface area contributed by atoms with Crippen LogP contribution in [0.3, 0.4) is 0 Å².